The molecule has 0 atom stereocenters. The van der Waals surface area contributed by atoms with Gasteiger partial charge in [0.1, 0.15) is 10.6 Å². The first-order valence-electron chi connectivity index (χ1n) is 5.75. The zero-order chi connectivity index (χ0) is 15.6. The van der Waals surface area contributed by atoms with Crippen LogP contribution in [0.15, 0.2) is 41.3 Å². The van der Waals surface area contributed by atoms with E-state index in [0.29, 0.717) is 10.8 Å². The van der Waals surface area contributed by atoms with E-state index in [1.807, 2.05) is 0 Å². The van der Waals surface area contributed by atoms with Gasteiger partial charge < -0.3 is 10.5 Å². The highest BCUT2D eigenvalue weighted by Crippen LogP contribution is 2.31. The average Bonchev–Trinajstić information content (AvgIpc) is 2.41. The highest BCUT2D eigenvalue weighted by atomic mass is 35.5. The van der Waals surface area contributed by atoms with E-state index in [1.165, 1.54) is 31.4 Å². The minimum atomic E-state index is -3.91. The first-order valence-corrected chi connectivity index (χ1v) is 7.99. The number of benzene rings is 2. The van der Waals surface area contributed by atoms with Crippen molar-refractivity contribution in [3.05, 3.63) is 46.4 Å². The Labute approximate surface area is 132 Å². The molecule has 0 aliphatic rings. The van der Waals surface area contributed by atoms with Gasteiger partial charge in [-0.15, -0.1) is 0 Å². The summed E-state index contributed by atoms with van der Waals surface area (Å²) in [5.41, 5.74) is 6.00. The summed E-state index contributed by atoms with van der Waals surface area (Å²) >= 11 is 11.7. The van der Waals surface area contributed by atoms with E-state index in [-0.39, 0.29) is 21.3 Å². The highest BCUT2D eigenvalue weighted by molar-refractivity contribution is 7.92. The van der Waals surface area contributed by atoms with Crippen LogP contribution in [0, 0.1) is 0 Å². The molecule has 0 aliphatic carbocycles. The Kier molecular flexibility index (Phi) is 4.51. The van der Waals surface area contributed by atoms with Crippen molar-refractivity contribution >= 4 is 44.6 Å². The van der Waals surface area contributed by atoms with Gasteiger partial charge in [0.15, 0.2) is 0 Å². The van der Waals surface area contributed by atoms with Gasteiger partial charge in [0.05, 0.1) is 18.5 Å². The minimum absolute atomic E-state index is 0.0906. The predicted molar refractivity (Wildman–Crippen MR) is 84.7 cm³/mol. The van der Waals surface area contributed by atoms with Crippen LogP contribution in [0.25, 0.3) is 0 Å². The second-order valence-corrected chi connectivity index (χ2v) is 6.66. The van der Waals surface area contributed by atoms with E-state index in [0.717, 1.165) is 0 Å². The largest absolute Gasteiger partial charge is 0.495 e. The standard InChI is InChI=1S/C13H12Cl2N2O3S/c1-20-12-5-3-8(14)6-11(12)17-21(18,19)13-7-9(15)2-4-10(13)16/h2-7,17H,16H2,1H3. The number of nitrogen functional groups attached to an aromatic ring is 1. The third-order valence-electron chi connectivity index (χ3n) is 2.67. The fourth-order valence-electron chi connectivity index (χ4n) is 1.70. The average molecular weight is 347 g/mol. The molecular formula is C13H12Cl2N2O3S. The molecule has 0 amide bonds. The number of nitrogens with two attached hydrogens (primary N) is 1. The summed E-state index contributed by atoms with van der Waals surface area (Å²) in [6.45, 7) is 0. The van der Waals surface area contributed by atoms with Crippen LogP contribution in [0.3, 0.4) is 0 Å². The zero-order valence-electron chi connectivity index (χ0n) is 10.9. The number of nitrogens with one attached hydrogen (secondary N) is 1. The molecule has 0 heterocycles. The van der Waals surface area contributed by atoms with Crippen LogP contribution < -0.4 is 15.2 Å². The highest BCUT2D eigenvalue weighted by Gasteiger charge is 2.20. The lowest BCUT2D eigenvalue weighted by molar-refractivity contribution is 0.417. The van der Waals surface area contributed by atoms with Gasteiger partial charge >= 0.3 is 0 Å². The van der Waals surface area contributed by atoms with Crippen molar-refractivity contribution in [3.8, 4) is 5.75 Å². The molecule has 0 radical (unpaired) electrons. The summed E-state index contributed by atoms with van der Waals surface area (Å²) in [6.07, 6.45) is 0. The molecule has 0 aromatic heterocycles. The topological polar surface area (TPSA) is 81.4 Å². The van der Waals surface area contributed by atoms with Crippen LogP contribution in [0.1, 0.15) is 0 Å². The van der Waals surface area contributed by atoms with Crippen molar-refractivity contribution < 1.29 is 13.2 Å². The third-order valence-corrected chi connectivity index (χ3v) is 4.56. The molecule has 21 heavy (non-hydrogen) atoms. The second kappa shape index (κ2) is 6.01. The lowest BCUT2D eigenvalue weighted by Crippen LogP contribution is -2.15. The van der Waals surface area contributed by atoms with Crippen LogP contribution in [0.5, 0.6) is 5.75 Å². The Balaban J connectivity index is 2.47. The van der Waals surface area contributed by atoms with E-state index in [4.69, 9.17) is 33.7 Å². The molecule has 2 aromatic carbocycles. The van der Waals surface area contributed by atoms with E-state index in [2.05, 4.69) is 4.72 Å². The van der Waals surface area contributed by atoms with E-state index in [9.17, 15) is 8.42 Å². The summed E-state index contributed by atoms with van der Waals surface area (Å²) in [6, 6.07) is 8.80. The Morgan fingerprint density at radius 1 is 1.10 bits per heavy atom. The van der Waals surface area contributed by atoms with Crippen molar-refractivity contribution in [2.75, 3.05) is 17.6 Å². The van der Waals surface area contributed by atoms with Crippen LogP contribution in [-0.4, -0.2) is 15.5 Å². The minimum Gasteiger partial charge on any atom is -0.495 e. The van der Waals surface area contributed by atoms with Crippen molar-refractivity contribution in [1.29, 1.82) is 0 Å². The molecule has 0 aliphatic heterocycles. The predicted octanol–water partition coefficient (Wildman–Crippen LogP) is 3.39. The van der Waals surface area contributed by atoms with Crippen LogP contribution >= 0.6 is 23.2 Å². The zero-order valence-corrected chi connectivity index (χ0v) is 13.3. The van der Waals surface area contributed by atoms with Crippen molar-refractivity contribution in [1.82, 2.24) is 0 Å². The molecule has 0 saturated heterocycles. The van der Waals surface area contributed by atoms with Crippen molar-refractivity contribution in [2.24, 2.45) is 0 Å². The SMILES string of the molecule is COc1ccc(Cl)cc1NS(=O)(=O)c1cc(Cl)ccc1N. The van der Waals surface area contributed by atoms with Gasteiger partial charge in [-0.3, -0.25) is 4.72 Å². The summed E-state index contributed by atoms with van der Waals surface area (Å²) in [5.74, 6) is 0.337. The molecule has 0 bridgehead atoms. The van der Waals surface area contributed by atoms with Crippen LogP contribution in [-0.2, 0) is 10.0 Å². The third kappa shape index (κ3) is 3.53. The Bertz CT molecular complexity index is 779. The molecule has 2 aromatic rings. The molecular weight excluding hydrogens is 335 g/mol. The fraction of sp³-hybridized carbons (Fsp3) is 0.0769. The quantitative estimate of drug-likeness (QED) is 0.831. The van der Waals surface area contributed by atoms with E-state index < -0.39 is 10.0 Å². The van der Waals surface area contributed by atoms with Gasteiger partial charge in [-0.2, -0.15) is 0 Å². The Hall–Kier alpha value is -1.63. The number of sulfonamides is 1. The molecule has 8 heteroatoms. The lowest BCUT2D eigenvalue weighted by Gasteiger charge is -2.13. The van der Waals surface area contributed by atoms with Crippen LogP contribution in [0.4, 0.5) is 11.4 Å². The second-order valence-electron chi connectivity index (χ2n) is 4.13. The first kappa shape index (κ1) is 15.8. The number of halogens is 2. The summed E-state index contributed by atoms with van der Waals surface area (Å²) in [5, 5.41) is 0.634. The molecule has 2 rings (SSSR count). The molecule has 5 nitrogen and oxygen atoms in total. The lowest BCUT2D eigenvalue weighted by atomic mass is 10.3. The summed E-state index contributed by atoms with van der Waals surface area (Å²) < 4.78 is 32.3. The first-order chi connectivity index (χ1) is 9.83. The van der Waals surface area contributed by atoms with E-state index >= 15 is 0 Å². The fourth-order valence-corrected chi connectivity index (χ4v) is 3.33. The van der Waals surface area contributed by atoms with Crippen molar-refractivity contribution in [2.45, 2.75) is 4.90 Å². The van der Waals surface area contributed by atoms with Gasteiger partial charge in [-0.25, -0.2) is 8.42 Å². The number of hydrogen-bond acceptors (Lipinski definition) is 4. The van der Waals surface area contributed by atoms with Gasteiger partial charge in [0, 0.05) is 10.0 Å². The maximum atomic E-state index is 12.4. The molecule has 0 fully saturated rings. The molecule has 0 spiro atoms. The molecule has 112 valence electrons. The number of ether oxygens (including phenoxy) is 1. The normalized spacial score (nSPS) is 11.2. The number of rotatable bonds is 4. The molecule has 0 saturated carbocycles. The van der Waals surface area contributed by atoms with Gasteiger partial charge in [-0.1, -0.05) is 23.2 Å². The Morgan fingerprint density at radius 3 is 2.38 bits per heavy atom. The number of anilines is 2. The van der Waals surface area contributed by atoms with Gasteiger partial charge in [0.25, 0.3) is 10.0 Å². The van der Waals surface area contributed by atoms with Crippen LogP contribution in [0.2, 0.25) is 10.0 Å². The molecule has 0 unspecified atom stereocenters. The number of methoxy groups -OCH3 is 1. The van der Waals surface area contributed by atoms with Gasteiger partial charge in [0.2, 0.25) is 0 Å². The van der Waals surface area contributed by atoms with E-state index in [1.54, 1.807) is 12.1 Å². The Morgan fingerprint density at radius 2 is 1.71 bits per heavy atom. The summed E-state index contributed by atoms with van der Waals surface area (Å²) in [7, 11) is -2.49. The maximum absolute atomic E-state index is 12.4. The van der Waals surface area contributed by atoms with Crippen molar-refractivity contribution in [3.63, 3.8) is 0 Å². The maximum Gasteiger partial charge on any atom is 0.264 e. The smallest absolute Gasteiger partial charge is 0.264 e. The number of hydrogen-bond donors (Lipinski definition) is 2. The van der Waals surface area contributed by atoms with Gasteiger partial charge in [-0.05, 0) is 36.4 Å². The monoisotopic (exact) mass is 346 g/mol. The molecule has 3 N–H and O–H groups in total. The summed E-state index contributed by atoms with van der Waals surface area (Å²) in [4.78, 5) is -0.114.